The summed E-state index contributed by atoms with van der Waals surface area (Å²) in [6, 6.07) is 6.78. The maximum absolute atomic E-state index is 12.2. The van der Waals surface area contributed by atoms with E-state index in [0.29, 0.717) is 11.1 Å². The van der Waals surface area contributed by atoms with Crippen LogP contribution in [0.3, 0.4) is 0 Å². The van der Waals surface area contributed by atoms with E-state index in [0.717, 1.165) is 0 Å². The molecular weight excluding hydrogens is 256 g/mol. The highest BCUT2D eigenvalue weighted by molar-refractivity contribution is 6.06. The third-order valence-corrected chi connectivity index (χ3v) is 2.29. The number of nitrogens with one attached hydrogen (secondary N) is 2. The van der Waals surface area contributed by atoms with Crippen LogP contribution in [-0.2, 0) is 0 Å². The minimum atomic E-state index is -0.273. The van der Waals surface area contributed by atoms with E-state index < -0.39 is 0 Å². The van der Waals surface area contributed by atoms with Gasteiger partial charge in [0.15, 0.2) is 0 Å². The van der Waals surface area contributed by atoms with Crippen LogP contribution in [0.4, 0.5) is 0 Å². The fraction of sp³-hybridized carbons (Fsp3) is 0.429. The molecule has 0 aromatic heterocycles. The van der Waals surface area contributed by atoms with E-state index in [1.165, 1.54) is 0 Å². The van der Waals surface area contributed by atoms with Gasteiger partial charge in [-0.15, -0.1) is 0 Å². The zero-order valence-electron chi connectivity index (χ0n) is 13.0. The molecule has 0 aliphatic rings. The van der Waals surface area contributed by atoms with Crippen LogP contribution in [0, 0.1) is 0 Å². The van der Waals surface area contributed by atoms with E-state index in [1.807, 2.05) is 42.3 Å². The molecule has 1 aromatic rings. The van der Waals surface area contributed by atoms with E-state index in [-0.39, 0.29) is 21.0 Å². The highest BCUT2D eigenvalue weighted by Crippen LogP contribution is 2.10. The fourth-order valence-corrected chi connectivity index (χ4v) is 1.61. The van der Waals surface area contributed by atoms with Gasteiger partial charge in [0.1, 0.15) is 0 Å². The number of carbonyl (C=O) groups excluding carboxylic acids is 2. The number of amides is 2. The number of benzene rings is 1. The van der Waals surface area contributed by atoms with Crippen molar-refractivity contribution in [2.24, 2.45) is 0 Å². The topological polar surface area (TPSA) is 58.2 Å². The molecule has 0 fully saturated rings. The lowest BCUT2D eigenvalue weighted by atomic mass is 10.1. The van der Waals surface area contributed by atoms with Crippen molar-refractivity contribution in [1.29, 1.82) is 0 Å². The molecule has 0 spiro atoms. The van der Waals surface area contributed by atoms with E-state index in [4.69, 9.17) is 0 Å². The summed E-state index contributed by atoms with van der Waals surface area (Å²) in [5.41, 5.74) is 6.35. The molecule has 0 bridgehead atoms. The SMILES string of the molecule is C[N+](C)(C)NC(=O)c1ccccc1C(=O)N[N+](C)(C)C. The monoisotopic (exact) mass is 280 g/mol. The van der Waals surface area contributed by atoms with E-state index in [2.05, 4.69) is 10.9 Å². The summed E-state index contributed by atoms with van der Waals surface area (Å²) in [6.45, 7) is 0. The van der Waals surface area contributed by atoms with Crippen LogP contribution in [0.15, 0.2) is 24.3 Å². The molecule has 2 amide bonds. The molecule has 0 aliphatic heterocycles. The Morgan fingerprint density at radius 2 is 1.05 bits per heavy atom. The second-order valence-electron chi connectivity index (χ2n) is 6.45. The number of nitrogens with zero attached hydrogens (tertiary/aromatic N) is 2. The van der Waals surface area contributed by atoms with E-state index in [1.54, 1.807) is 24.3 Å². The predicted molar refractivity (Wildman–Crippen MR) is 77.4 cm³/mol. The number of hydrogen-bond donors (Lipinski definition) is 2. The average molecular weight is 280 g/mol. The number of quaternary nitrogens is 2. The minimum absolute atomic E-state index is 0.273. The standard InChI is InChI=1S/C14H22N4O2/c1-17(2,3)15-13(19)11-9-7-8-10-12(11)14(20)16-18(4,5)6/h7-10H,1-6H3/p+2. The normalized spacial score (nSPS) is 11.9. The Morgan fingerprint density at radius 1 is 0.750 bits per heavy atom. The smallest absolute Gasteiger partial charge is 0.264 e. The van der Waals surface area contributed by atoms with Gasteiger partial charge in [0, 0.05) is 0 Å². The number of carbonyl (C=O) groups is 2. The maximum Gasteiger partial charge on any atom is 0.296 e. The van der Waals surface area contributed by atoms with Gasteiger partial charge in [0.2, 0.25) is 0 Å². The summed E-state index contributed by atoms with van der Waals surface area (Å²) in [5, 5.41) is 0. The van der Waals surface area contributed by atoms with Gasteiger partial charge in [0.25, 0.3) is 11.8 Å². The Hall–Kier alpha value is -1.92. The minimum Gasteiger partial charge on any atom is -0.264 e. The van der Waals surface area contributed by atoms with Crippen LogP contribution < -0.4 is 10.9 Å². The molecule has 6 nitrogen and oxygen atoms in total. The molecule has 0 aliphatic carbocycles. The second-order valence-corrected chi connectivity index (χ2v) is 6.45. The van der Waals surface area contributed by atoms with Crippen LogP contribution >= 0.6 is 0 Å². The first-order valence-electron chi connectivity index (χ1n) is 6.37. The van der Waals surface area contributed by atoms with Crippen molar-refractivity contribution in [3.8, 4) is 0 Å². The van der Waals surface area contributed by atoms with Crippen LogP contribution in [-0.4, -0.2) is 63.3 Å². The summed E-state index contributed by atoms with van der Waals surface area (Å²) in [6.07, 6.45) is 0. The Bertz CT molecular complexity index is 466. The molecular formula is C14H24N4O2+2. The fourth-order valence-electron chi connectivity index (χ4n) is 1.61. The lowest BCUT2D eigenvalue weighted by Crippen LogP contribution is -2.53. The third-order valence-electron chi connectivity index (χ3n) is 2.29. The Balaban J connectivity index is 3.05. The molecule has 1 rings (SSSR count). The zero-order valence-corrected chi connectivity index (χ0v) is 13.0. The van der Waals surface area contributed by atoms with Crippen molar-refractivity contribution >= 4 is 11.8 Å². The summed E-state index contributed by atoms with van der Waals surface area (Å²) in [4.78, 5) is 24.5. The van der Waals surface area contributed by atoms with Crippen LogP contribution in [0.25, 0.3) is 0 Å². The summed E-state index contributed by atoms with van der Waals surface area (Å²) in [7, 11) is 11.0. The van der Waals surface area contributed by atoms with Crippen molar-refractivity contribution < 1.29 is 18.8 Å². The maximum atomic E-state index is 12.2. The lowest BCUT2D eigenvalue weighted by molar-refractivity contribution is -0.905. The van der Waals surface area contributed by atoms with Gasteiger partial charge in [-0.2, -0.15) is 10.9 Å². The van der Waals surface area contributed by atoms with Crippen LogP contribution in [0.1, 0.15) is 20.7 Å². The van der Waals surface area contributed by atoms with Crippen LogP contribution in [0.5, 0.6) is 0 Å². The Kier molecular flexibility index (Phi) is 4.52. The highest BCUT2D eigenvalue weighted by atomic mass is 16.2. The van der Waals surface area contributed by atoms with Crippen LogP contribution in [0.2, 0.25) is 0 Å². The molecule has 2 N–H and O–H groups in total. The third kappa shape index (κ3) is 4.99. The number of rotatable bonds is 4. The largest absolute Gasteiger partial charge is 0.296 e. The molecule has 0 saturated heterocycles. The molecule has 0 saturated carbocycles. The molecule has 0 radical (unpaired) electrons. The molecule has 6 heteroatoms. The lowest BCUT2D eigenvalue weighted by Gasteiger charge is -2.25. The van der Waals surface area contributed by atoms with Gasteiger partial charge in [0.05, 0.1) is 53.4 Å². The Labute approximate surface area is 120 Å². The predicted octanol–water partition coefficient (Wildman–Crippen LogP) is 0.389. The van der Waals surface area contributed by atoms with Gasteiger partial charge >= 0.3 is 0 Å². The molecule has 20 heavy (non-hydrogen) atoms. The van der Waals surface area contributed by atoms with Crippen molar-refractivity contribution in [2.75, 3.05) is 42.3 Å². The molecule has 0 heterocycles. The molecule has 0 atom stereocenters. The first kappa shape index (κ1) is 16.1. The van der Waals surface area contributed by atoms with Crippen molar-refractivity contribution in [3.05, 3.63) is 35.4 Å². The van der Waals surface area contributed by atoms with E-state index in [9.17, 15) is 9.59 Å². The van der Waals surface area contributed by atoms with Gasteiger partial charge in [-0.05, 0) is 12.1 Å². The van der Waals surface area contributed by atoms with Gasteiger partial charge in [-0.3, -0.25) is 9.59 Å². The first-order valence-corrected chi connectivity index (χ1v) is 6.37. The average Bonchev–Trinajstić information content (AvgIpc) is 2.24. The summed E-state index contributed by atoms with van der Waals surface area (Å²) >= 11 is 0. The summed E-state index contributed by atoms with van der Waals surface area (Å²) < 4.78 is 0.564. The van der Waals surface area contributed by atoms with Crippen molar-refractivity contribution in [2.45, 2.75) is 0 Å². The first-order chi connectivity index (χ1) is 8.99. The van der Waals surface area contributed by atoms with Gasteiger partial charge in [-0.25, -0.2) is 9.18 Å². The zero-order chi connectivity index (χ0) is 15.6. The van der Waals surface area contributed by atoms with Gasteiger partial charge < -0.3 is 0 Å². The molecule has 1 aromatic carbocycles. The second kappa shape index (κ2) is 5.60. The highest BCUT2D eigenvalue weighted by Gasteiger charge is 2.23. The molecule has 0 unspecified atom stereocenters. The summed E-state index contributed by atoms with van der Waals surface area (Å²) in [5.74, 6) is -0.547. The van der Waals surface area contributed by atoms with Crippen molar-refractivity contribution in [1.82, 2.24) is 10.9 Å². The van der Waals surface area contributed by atoms with E-state index >= 15 is 0 Å². The molecule has 110 valence electrons. The Morgan fingerprint density at radius 3 is 1.30 bits per heavy atom. The quantitative estimate of drug-likeness (QED) is 0.619. The van der Waals surface area contributed by atoms with Crippen molar-refractivity contribution in [3.63, 3.8) is 0 Å². The van der Waals surface area contributed by atoms with Gasteiger partial charge in [-0.1, -0.05) is 12.1 Å². The number of hydrogen-bond acceptors (Lipinski definition) is 2.